The molecule has 0 bridgehead atoms. The van der Waals surface area contributed by atoms with Gasteiger partial charge in [-0.3, -0.25) is 4.68 Å². The van der Waals surface area contributed by atoms with Crippen molar-refractivity contribution in [2.75, 3.05) is 20.2 Å². The van der Waals surface area contributed by atoms with Crippen molar-refractivity contribution in [3.8, 4) is 11.5 Å². The third-order valence-electron chi connectivity index (χ3n) is 4.18. The Morgan fingerprint density at radius 2 is 2.00 bits per heavy atom. The van der Waals surface area contributed by atoms with Crippen LogP contribution in [0.5, 0.6) is 11.5 Å². The van der Waals surface area contributed by atoms with Gasteiger partial charge >= 0.3 is 6.61 Å². The van der Waals surface area contributed by atoms with Crippen LogP contribution in [0.15, 0.2) is 29.3 Å². The fraction of sp³-hybridized carbons (Fsp3) is 0.500. The molecule has 2 N–H and O–H groups in total. The molecule has 2 aromatic rings. The lowest BCUT2D eigenvalue weighted by molar-refractivity contribution is -0.0504. The fourth-order valence-corrected chi connectivity index (χ4v) is 2.86. The van der Waals surface area contributed by atoms with Crippen LogP contribution < -0.4 is 20.1 Å². The molecular formula is C20H30F2IN5O2. The van der Waals surface area contributed by atoms with Crippen molar-refractivity contribution in [1.29, 1.82) is 0 Å². The molecule has 0 aliphatic rings. The van der Waals surface area contributed by atoms with Crippen molar-refractivity contribution in [3.63, 3.8) is 0 Å². The second-order valence-electron chi connectivity index (χ2n) is 6.48. The highest BCUT2D eigenvalue weighted by Crippen LogP contribution is 2.26. The van der Waals surface area contributed by atoms with Crippen molar-refractivity contribution < 1.29 is 18.3 Å². The van der Waals surface area contributed by atoms with Gasteiger partial charge in [0, 0.05) is 30.9 Å². The first-order valence-electron chi connectivity index (χ1n) is 9.58. The molecule has 0 atom stereocenters. The van der Waals surface area contributed by atoms with Crippen LogP contribution in [0.3, 0.4) is 0 Å². The summed E-state index contributed by atoms with van der Waals surface area (Å²) in [5.74, 6) is 1.25. The minimum atomic E-state index is -2.90. The molecule has 0 saturated heterocycles. The lowest BCUT2D eigenvalue weighted by atomic mass is 10.2. The van der Waals surface area contributed by atoms with Gasteiger partial charge in [-0.25, -0.2) is 4.99 Å². The lowest BCUT2D eigenvalue weighted by Gasteiger charge is -2.14. The van der Waals surface area contributed by atoms with Gasteiger partial charge in [0.1, 0.15) is 11.5 Å². The number of methoxy groups -OCH3 is 1. The Balaban J connectivity index is 0.00000450. The maximum atomic E-state index is 12.7. The zero-order chi connectivity index (χ0) is 21.2. The summed E-state index contributed by atoms with van der Waals surface area (Å²) < 4.78 is 37.1. The molecule has 0 saturated carbocycles. The van der Waals surface area contributed by atoms with Gasteiger partial charge in [-0.05, 0) is 51.5 Å². The van der Waals surface area contributed by atoms with Crippen LogP contribution in [0, 0.1) is 13.8 Å². The summed E-state index contributed by atoms with van der Waals surface area (Å²) in [5.41, 5.74) is 2.66. The Morgan fingerprint density at radius 3 is 2.60 bits per heavy atom. The number of aryl methyl sites for hydroxylation is 3. The number of guanidine groups is 1. The second kappa shape index (κ2) is 13.2. The predicted octanol–water partition coefficient (Wildman–Crippen LogP) is 3.87. The predicted molar refractivity (Wildman–Crippen MR) is 124 cm³/mol. The largest absolute Gasteiger partial charge is 0.497 e. The van der Waals surface area contributed by atoms with Crippen molar-refractivity contribution in [3.05, 3.63) is 41.2 Å². The number of nitrogens with zero attached hydrogens (tertiary/aromatic N) is 3. The van der Waals surface area contributed by atoms with Crippen LogP contribution in [-0.2, 0) is 13.1 Å². The number of hydrogen-bond donors (Lipinski definition) is 2. The minimum Gasteiger partial charge on any atom is -0.497 e. The molecule has 1 aromatic carbocycles. The summed E-state index contributed by atoms with van der Waals surface area (Å²) in [4.78, 5) is 4.48. The smallest absolute Gasteiger partial charge is 0.387 e. The van der Waals surface area contributed by atoms with Gasteiger partial charge in [0.25, 0.3) is 0 Å². The molecule has 1 aromatic heterocycles. The van der Waals surface area contributed by atoms with Crippen LogP contribution in [-0.4, -0.2) is 42.6 Å². The summed E-state index contributed by atoms with van der Waals surface area (Å²) in [5, 5.41) is 10.9. The van der Waals surface area contributed by atoms with Crippen LogP contribution in [0.1, 0.15) is 30.3 Å². The SMILES string of the molecule is CCNC(=NCc1cc(OC)ccc1OC(F)F)NCCCn1nc(C)cc1C.I. The molecule has 0 aliphatic heterocycles. The van der Waals surface area contributed by atoms with E-state index in [1.807, 2.05) is 31.5 Å². The van der Waals surface area contributed by atoms with E-state index in [1.54, 1.807) is 12.1 Å². The summed E-state index contributed by atoms with van der Waals surface area (Å²) in [6, 6.07) is 6.73. The Labute approximate surface area is 193 Å². The summed E-state index contributed by atoms with van der Waals surface area (Å²) in [6.07, 6.45) is 0.866. The molecular weight excluding hydrogens is 507 g/mol. The average molecular weight is 537 g/mol. The zero-order valence-corrected chi connectivity index (χ0v) is 20.1. The van der Waals surface area contributed by atoms with Gasteiger partial charge in [0.05, 0.1) is 19.3 Å². The Morgan fingerprint density at radius 1 is 1.23 bits per heavy atom. The Kier molecular flexibility index (Phi) is 11.4. The highest BCUT2D eigenvalue weighted by atomic mass is 127. The van der Waals surface area contributed by atoms with Gasteiger partial charge in [-0.15, -0.1) is 24.0 Å². The molecule has 2 rings (SSSR count). The summed E-state index contributed by atoms with van der Waals surface area (Å²) >= 11 is 0. The molecule has 30 heavy (non-hydrogen) atoms. The van der Waals surface area contributed by atoms with E-state index >= 15 is 0 Å². The van der Waals surface area contributed by atoms with Crippen molar-refractivity contribution >= 4 is 29.9 Å². The maximum absolute atomic E-state index is 12.7. The van der Waals surface area contributed by atoms with E-state index in [0.717, 1.165) is 24.4 Å². The third-order valence-corrected chi connectivity index (χ3v) is 4.18. The highest BCUT2D eigenvalue weighted by Gasteiger charge is 2.11. The molecule has 0 amide bonds. The average Bonchev–Trinajstić information content (AvgIpc) is 3.00. The quantitative estimate of drug-likeness (QED) is 0.209. The van der Waals surface area contributed by atoms with Gasteiger partial charge in [0.2, 0.25) is 0 Å². The number of benzene rings is 1. The first kappa shape index (κ1) is 25.9. The molecule has 0 spiro atoms. The lowest BCUT2D eigenvalue weighted by Crippen LogP contribution is -2.38. The summed E-state index contributed by atoms with van der Waals surface area (Å²) in [7, 11) is 1.52. The topological polar surface area (TPSA) is 72.7 Å². The van der Waals surface area contributed by atoms with Crippen LogP contribution in [0.4, 0.5) is 8.78 Å². The molecule has 168 valence electrons. The first-order valence-corrected chi connectivity index (χ1v) is 9.58. The van der Waals surface area contributed by atoms with Crippen LogP contribution in [0.2, 0.25) is 0 Å². The number of alkyl halides is 2. The van der Waals surface area contributed by atoms with Gasteiger partial charge in [-0.1, -0.05) is 0 Å². The van der Waals surface area contributed by atoms with E-state index in [0.29, 0.717) is 30.4 Å². The van der Waals surface area contributed by atoms with Crippen molar-refractivity contribution in [2.45, 2.75) is 46.9 Å². The number of rotatable bonds is 10. The Hall–Kier alpha value is -2.11. The molecule has 7 nitrogen and oxygen atoms in total. The number of ether oxygens (including phenoxy) is 2. The normalized spacial score (nSPS) is 11.2. The number of aromatic nitrogens is 2. The van der Waals surface area contributed by atoms with E-state index in [9.17, 15) is 8.78 Å². The van der Waals surface area contributed by atoms with Gasteiger partial charge in [-0.2, -0.15) is 13.9 Å². The Bertz CT molecular complexity index is 814. The minimum absolute atomic E-state index is 0. The number of aliphatic imine (C=N–C) groups is 1. The van der Waals surface area contributed by atoms with E-state index in [-0.39, 0.29) is 36.3 Å². The standard InChI is InChI=1S/C20H29F2N5O2.HI/c1-5-23-20(24-9-6-10-27-15(3)11-14(2)26-27)25-13-16-12-17(28-4)7-8-18(16)29-19(21)22;/h7-8,11-12,19H,5-6,9-10,13H2,1-4H3,(H2,23,24,25);1H. The zero-order valence-electron chi connectivity index (χ0n) is 17.7. The van der Waals surface area contributed by atoms with E-state index in [1.165, 1.54) is 13.2 Å². The van der Waals surface area contributed by atoms with Crippen LogP contribution >= 0.6 is 24.0 Å². The maximum Gasteiger partial charge on any atom is 0.387 e. The van der Waals surface area contributed by atoms with E-state index in [2.05, 4.69) is 25.5 Å². The van der Waals surface area contributed by atoms with Gasteiger partial charge in [0.15, 0.2) is 5.96 Å². The molecule has 10 heteroatoms. The first-order chi connectivity index (χ1) is 13.9. The van der Waals surface area contributed by atoms with Crippen LogP contribution in [0.25, 0.3) is 0 Å². The summed E-state index contributed by atoms with van der Waals surface area (Å²) in [6.45, 7) is 5.43. The highest BCUT2D eigenvalue weighted by molar-refractivity contribution is 14.0. The van der Waals surface area contributed by atoms with Crippen molar-refractivity contribution in [2.24, 2.45) is 4.99 Å². The van der Waals surface area contributed by atoms with Crippen molar-refractivity contribution in [1.82, 2.24) is 20.4 Å². The molecule has 0 fully saturated rings. The molecule has 0 radical (unpaired) electrons. The number of nitrogens with one attached hydrogen (secondary N) is 2. The van der Waals surface area contributed by atoms with Gasteiger partial charge < -0.3 is 20.1 Å². The monoisotopic (exact) mass is 537 g/mol. The molecule has 1 heterocycles. The van der Waals surface area contributed by atoms with E-state index < -0.39 is 6.61 Å². The van der Waals surface area contributed by atoms with E-state index in [4.69, 9.17) is 4.74 Å². The number of hydrogen-bond acceptors (Lipinski definition) is 4. The third kappa shape index (κ3) is 8.33. The number of halogens is 3. The molecule has 0 aliphatic carbocycles. The second-order valence-corrected chi connectivity index (χ2v) is 6.48. The molecule has 0 unspecified atom stereocenters. The fourth-order valence-electron chi connectivity index (χ4n) is 2.86.